The molecule has 2 aromatic heterocycles. The lowest BCUT2D eigenvalue weighted by Gasteiger charge is -2.19. The lowest BCUT2D eigenvalue weighted by molar-refractivity contribution is 0.0937. The van der Waals surface area contributed by atoms with Crippen LogP contribution in [0.25, 0.3) is 0 Å². The molecule has 0 radical (unpaired) electrons. The number of nitrogens with one attached hydrogen (secondary N) is 4. The molecule has 184 valence electrons. The lowest BCUT2D eigenvalue weighted by atomic mass is 9.97. The maximum absolute atomic E-state index is 13.5. The molecule has 5 rings (SSSR count). The number of anilines is 1. The highest BCUT2D eigenvalue weighted by Crippen LogP contribution is 2.42. The quantitative estimate of drug-likeness (QED) is 0.264. The summed E-state index contributed by atoms with van der Waals surface area (Å²) in [4.78, 5) is 25.5. The van der Waals surface area contributed by atoms with Crippen LogP contribution in [0, 0.1) is 17.5 Å². The Morgan fingerprint density at radius 1 is 1.00 bits per heavy atom. The normalized spacial score (nSPS) is 13.9. The summed E-state index contributed by atoms with van der Waals surface area (Å²) in [5.74, 6) is -3.93. The Labute approximate surface area is 207 Å². The fraction of sp³-hybridized carbons (Fsp3) is 0.167. The number of hydrogen-bond acceptors (Lipinski definition) is 4. The average molecular weight is 515 g/mol. The van der Waals surface area contributed by atoms with E-state index >= 15 is 0 Å². The zero-order valence-electron chi connectivity index (χ0n) is 18.4. The molecule has 36 heavy (non-hydrogen) atoms. The zero-order valence-corrected chi connectivity index (χ0v) is 19.2. The average Bonchev–Trinajstić information content (AvgIpc) is 3.39. The molecule has 0 aliphatic heterocycles. The summed E-state index contributed by atoms with van der Waals surface area (Å²) in [6.45, 7) is 0. The maximum atomic E-state index is 13.5. The van der Waals surface area contributed by atoms with Crippen LogP contribution in [0.1, 0.15) is 62.5 Å². The number of benzene rings is 2. The number of aromatic nitrogens is 4. The minimum atomic E-state index is -1.23. The van der Waals surface area contributed by atoms with Gasteiger partial charge in [0.2, 0.25) is 0 Å². The van der Waals surface area contributed by atoms with Crippen molar-refractivity contribution >= 4 is 29.2 Å². The second-order valence-electron chi connectivity index (χ2n) is 8.34. The summed E-state index contributed by atoms with van der Waals surface area (Å²) < 4.78 is 40.4. The molecule has 0 bridgehead atoms. The summed E-state index contributed by atoms with van der Waals surface area (Å²) in [7, 11) is 0. The van der Waals surface area contributed by atoms with E-state index in [4.69, 9.17) is 11.6 Å². The highest BCUT2D eigenvalue weighted by atomic mass is 35.5. The number of carbonyl (C=O) groups is 2. The van der Waals surface area contributed by atoms with Gasteiger partial charge in [-0.15, -0.1) is 0 Å². The molecular formula is C24H18ClF3N6O2. The Balaban J connectivity index is 1.36. The van der Waals surface area contributed by atoms with Crippen LogP contribution < -0.4 is 10.6 Å². The van der Waals surface area contributed by atoms with E-state index < -0.39 is 35.3 Å². The molecule has 1 aliphatic rings. The van der Waals surface area contributed by atoms with Crippen molar-refractivity contribution in [1.82, 2.24) is 25.7 Å². The van der Waals surface area contributed by atoms with Crippen molar-refractivity contribution in [1.29, 1.82) is 0 Å². The Kier molecular flexibility index (Phi) is 6.23. The molecule has 2 aromatic carbocycles. The van der Waals surface area contributed by atoms with E-state index in [0.29, 0.717) is 23.6 Å². The Morgan fingerprint density at radius 3 is 2.44 bits per heavy atom. The van der Waals surface area contributed by atoms with Gasteiger partial charge in [0.15, 0.2) is 17.5 Å². The van der Waals surface area contributed by atoms with Crippen LogP contribution >= 0.6 is 11.6 Å². The summed E-state index contributed by atoms with van der Waals surface area (Å²) in [5, 5.41) is 18.5. The highest BCUT2D eigenvalue weighted by Gasteiger charge is 2.32. The first-order valence-corrected chi connectivity index (χ1v) is 11.3. The molecule has 0 saturated heterocycles. The van der Waals surface area contributed by atoms with Crippen molar-refractivity contribution in [2.75, 3.05) is 5.32 Å². The molecule has 1 fully saturated rings. The fourth-order valence-electron chi connectivity index (χ4n) is 3.82. The monoisotopic (exact) mass is 514 g/mol. The van der Waals surface area contributed by atoms with Gasteiger partial charge < -0.3 is 10.6 Å². The number of rotatable bonds is 7. The molecule has 2 amide bonds. The summed E-state index contributed by atoms with van der Waals surface area (Å²) in [5.41, 5.74) is 2.04. The van der Waals surface area contributed by atoms with Gasteiger partial charge in [0.05, 0.1) is 22.8 Å². The summed E-state index contributed by atoms with van der Waals surface area (Å²) in [6, 6.07) is 7.77. The number of carbonyl (C=O) groups excluding carboxylic acids is 2. The molecule has 12 heteroatoms. The second kappa shape index (κ2) is 9.50. The van der Waals surface area contributed by atoms with Crippen molar-refractivity contribution in [2.24, 2.45) is 0 Å². The fourth-order valence-corrected chi connectivity index (χ4v) is 4.06. The molecule has 4 N–H and O–H groups in total. The first-order chi connectivity index (χ1) is 17.3. The van der Waals surface area contributed by atoms with Gasteiger partial charge in [-0.1, -0.05) is 23.7 Å². The van der Waals surface area contributed by atoms with E-state index in [9.17, 15) is 22.8 Å². The molecule has 0 spiro atoms. The lowest BCUT2D eigenvalue weighted by Crippen LogP contribution is -2.30. The molecule has 1 saturated carbocycles. The molecule has 1 unspecified atom stereocenters. The first kappa shape index (κ1) is 23.6. The summed E-state index contributed by atoms with van der Waals surface area (Å²) >= 11 is 5.84. The van der Waals surface area contributed by atoms with Crippen LogP contribution in [0.5, 0.6) is 0 Å². The Hall–Kier alpha value is -4.12. The third kappa shape index (κ3) is 4.82. The molecular weight excluding hydrogens is 497 g/mol. The van der Waals surface area contributed by atoms with Crippen LogP contribution in [0.15, 0.2) is 48.7 Å². The van der Waals surface area contributed by atoms with E-state index in [-0.39, 0.29) is 22.1 Å². The second-order valence-corrected chi connectivity index (χ2v) is 8.75. The number of hydrogen-bond donors (Lipinski definition) is 4. The van der Waals surface area contributed by atoms with Gasteiger partial charge in [0.25, 0.3) is 11.8 Å². The topological polar surface area (TPSA) is 116 Å². The van der Waals surface area contributed by atoms with Crippen molar-refractivity contribution in [3.63, 3.8) is 0 Å². The van der Waals surface area contributed by atoms with Gasteiger partial charge >= 0.3 is 0 Å². The van der Waals surface area contributed by atoms with Crippen molar-refractivity contribution in [3.8, 4) is 0 Å². The maximum Gasteiger partial charge on any atom is 0.270 e. The zero-order chi connectivity index (χ0) is 25.4. The molecule has 1 aliphatic carbocycles. The highest BCUT2D eigenvalue weighted by molar-refractivity contribution is 6.34. The van der Waals surface area contributed by atoms with Crippen LogP contribution in [-0.4, -0.2) is 32.2 Å². The number of H-pyrrole nitrogens is 2. The van der Waals surface area contributed by atoms with Crippen molar-refractivity contribution < 1.29 is 22.8 Å². The SMILES string of the molecule is O=C(NC(c1ccc(F)cc1)c1cn[nH]c1C1CC1)c1cc(NC(=O)c2cc(F)c(F)cc2Cl)n[nH]1. The van der Waals surface area contributed by atoms with Gasteiger partial charge in [0.1, 0.15) is 11.5 Å². The van der Waals surface area contributed by atoms with E-state index in [1.54, 1.807) is 18.3 Å². The molecule has 4 aromatic rings. The Bertz CT molecular complexity index is 1450. The first-order valence-electron chi connectivity index (χ1n) is 10.9. The smallest absolute Gasteiger partial charge is 0.270 e. The van der Waals surface area contributed by atoms with E-state index in [1.807, 2.05) is 0 Å². The van der Waals surface area contributed by atoms with Crippen LogP contribution in [0.4, 0.5) is 19.0 Å². The number of aromatic amines is 2. The predicted octanol–water partition coefficient (Wildman–Crippen LogP) is 4.85. The van der Waals surface area contributed by atoms with Gasteiger partial charge in [-0.2, -0.15) is 10.2 Å². The van der Waals surface area contributed by atoms with E-state index in [0.717, 1.165) is 24.1 Å². The van der Waals surface area contributed by atoms with Gasteiger partial charge in [0, 0.05) is 23.2 Å². The third-order valence-corrected chi connectivity index (χ3v) is 6.11. The molecule has 1 atom stereocenters. The van der Waals surface area contributed by atoms with E-state index in [2.05, 4.69) is 31.0 Å². The van der Waals surface area contributed by atoms with Gasteiger partial charge in [-0.3, -0.25) is 19.8 Å². The number of nitrogens with zero attached hydrogens (tertiary/aromatic N) is 2. The van der Waals surface area contributed by atoms with Crippen LogP contribution in [0.2, 0.25) is 5.02 Å². The number of amides is 2. The number of halogens is 4. The third-order valence-electron chi connectivity index (χ3n) is 5.79. The minimum Gasteiger partial charge on any atom is -0.340 e. The van der Waals surface area contributed by atoms with Crippen LogP contribution in [0.3, 0.4) is 0 Å². The van der Waals surface area contributed by atoms with Gasteiger partial charge in [-0.25, -0.2) is 13.2 Å². The van der Waals surface area contributed by atoms with Crippen molar-refractivity contribution in [2.45, 2.75) is 24.8 Å². The standard InChI is InChI=1S/C24H18ClF3N6O2/c25-16-8-18(28)17(27)7-14(16)23(35)30-20-9-19(32-33-20)24(36)31-21(11-3-5-13(26)6-4-11)15-10-29-34-22(15)12-1-2-12/h3-10,12,21H,1-2H2,(H,29,34)(H,31,36)(H2,30,32,33,35). The Morgan fingerprint density at radius 2 is 1.72 bits per heavy atom. The largest absolute Gasteiger partial charge is 0.340 e. The molecule has 2 heterocycles. The van der Waals surface area contributed by atoms with Gasteiger partial charge in [-0.05, 0) is 42.7 Å². The summed E-state index contributed by atoms with van der Waals surface area (Å²) in [6.07, 6.45) is 3.64. The minimum absolute atomic E-state index is 0.0188. The van der Waals surface area contributed by atoms with E-state index in [1.165, 1.54) is 18.2 Å². The molecule has 8 nitrogen and oxygen atoms in total. The van der Waals surface area contributed by atoms with Crippen LogP contribution in [-0.2, 0) is 0 Å². The van der Waals surface area contributed by atoms with Crippen molar-refractivity contribution in [3.05, 3.63) is 99.2 Å². The predicted molar refractivity (Wildman–Crippen MR) is 124 cm³/mol.